The lowest BCUT2D eigenvalue weighted by Gasteiger charge is -2.29. The largest absolute Gasteiger partial charge is 0.387 e. The molecule has 1 aromatic rings. The summed E-state index contributed by atoms with van der Waals surface area (Å²) in [6.45, 7) is 6.24. The summed E-state index contributed by atoms with van der Waals surface area (Å²) in [5, 5.41) is 15.5. The minimum absolute atomic E-state index is 0.123. The summed E-state index contributed by atoms with van der Waals surface area (Å²) in [5.41, 5.74) is 3.03. The molecule has 2 rings (SSSR count). The van der Waals surface area contributed by atoms with Gasteiger partial charge in [0.1, 0.15) is 11.6 Å². The van der Waals surface area contributed by atoms with E-state index in [0.717, 1.165) is 29.7 Å². The topological polar surface area (TPSA) is 64.9 Å². The molecule has 0 radical (unpaired) electrons. The van der Waals surface area contributed by atoms with Crippen LogP contribution in [0.5, 0.6) is 0 Å². The van der Waals surface area contributed by atoms with E-state index in [-0.39, 0.29) is 11.5 Å². The number of aryl methyl sites for hydroxylation is 2. The molecule has 0 saturated heterocycles. The molecule has 2 N–H and O–H groups in total. The van der Waals surface area contributed by atoms with Crippen molar-refractivity contribution in [1.82, 2.24) is 5.32 Å². The quantitative estimate of drug-likeness (QED) is 0.633. The second kappa shape index (κ2) is 8.54. The number of carbonyl (C=O) groups is 1. The summed E-state index contributed by atoms with van der Waals surface area (Å²) in [4.78, 5) is 12.5. The molecule has 0 aliphatic heterocycles. The van der Waals surface area contributed by atoms with E-state index in [1.807, 2.05) is 31.2 Å². The number of rotatable bonds is 5. The zero-order valence-electron chi connectivity index (χ0n) is 14.9. The van der Waals surface area contributed by atoms with Crippen LogP contribution in [-0.4, -0.2) is 11.9 Å². The summed E-state index contributed by atoms with van der Waals surface area (Å²) >= 11 is 0. The van der Waals surface area contributed by atoms with Crippen molar-refractivity contribution in [3.05, 3.63) is 41.1 Å². The first-order valence-corrected chi connectivity index (χ1v) is 8.83. The Kier molecular flexibility index (Phi) is 6.43. The maximum atomic E-state index is 12.5. The van der Waals surface area contributed by atoms with Gasteiger partial charge in [0.2, 0.25) is 0 Å². The van der Waals surface area contributed by atoms with Gasteiger partial charge in [-0.05, 0) is 43.2 Å². The molecule has 128 valence electrons. The smallest absolute Gasteiger partial charge is 0.267 e. The molecule has 24 heavy (non-hydrogen) atoms. The number of para-hydroxylation sites is 1. The molecule has 0 spiro atoms. The summed E-state index contributed by atoms with van der Waals surface area (Å²) in [7, 11) is 0. The molecule has 1 aromatic carbocycles. The molecule has 1 aliphatic rings. The molecule has 0 aromatic heterocycles. The molecule has 0 heterocycles. The molecular formula is C20H27N3O. The number of amides is 1. The number of nitrogens with zero attached hydrogens (tertiary/aromatic N) is 1. The van der Waals surface area contributed by atoms with Crippen molar-refractivity contribution in [2.24, 2.45) is 5.92 Å². The molecule has 1 amide bonds. The van der Waals surface area contributed by atoms with Crippen molar-refractivity contribution in [2.75, 3.05) is 5.32 Å². The van der Waals surface area contributed by atoms with Gasteiger partial charge in [0.25, 0.3) is 5.91 Å². The van der Waals surface area contributed by atoms with Crippen LogP contribution in [0.2, 0.25) is 0 Å². The maximum Gasteiger partial charge on any atom is 0.267 e. The summed E-state index contributed by atoms with van der Waals surface area (Å²) in [6.07, 6.45) is 7.18. The molecule has 0 bridgehead atoms. The molecular weight excluding hydrogens is 298 g/mol. The van der Waals surface area contributed by atoms with E-state index >= 15 is 0 Å². The second-order valence-electron chi connectivity index (χ2n) is 6.62. The predicted octanol–water partition coefficient (Wildman–Crippen LogP) is 4.07. The third-order valence-corrected chi connectivity index (χ3v) is 4.90. The standard InChI is InChI=1S/C20H27N3O/c1-4-16-10-7-9-15(3)19(16)23-20(24)17(12-21)13-22-18-11-6-5-8-14(18)2/h7,9-10,13-14,18,22H,4-6,8,11H2,1-3H3,(H,23,24)/b17-13-. The summed E-state index contributed by atoms with van der Waals surface area (Å²) in [5.74, 6) is 0.221. The van der Waals surface area contributed by atoms with Gasteiger partial charge in [-0.1, -0.05) is 44.9 Å². The Bertz CT molecular complexity index is 657. The highest BCUT2D eigenvalue weighted by atomic mass is 16.1. The Morgan fingerprint density at radius 3 is 2.79 bits per heavy atom. The molecule has 4 nitrogen and oxygen atoms in total. The molecule has 1 saturated carbocycles. The number of hydrogen-bond acceptors (Lipinski definition) is 3. The van der Waals surface area contributed by atoms with Crippen LogP contribution in [0.1, 0.15) is 50.7 Å². The van der Waals surface area contributed by atoms with E-state index < -0.39 is 0 Å². The van der Waals surface area contributed by atoms with Crippen molar-refractivity contribution < 1.29 is 4.79 Å². The van der Waals surface area contributed by atoms with Crippen molar-refractivity contribution in [3.63, 3.8) is 0 Å². The van der Waals surface area contributed by atoms with Crippen molar-refractivity contribution in [1.29, 1.82) is 5.26 Å². The zero-order chi connectivity index (χ0) is 17.5. The van der Waals surface area contributed by atoms with Gasteiger partial charge < -0.3 is 10.6 Å². The van der Waals surface area contributed by atoms with Crippen molar-refractivity contribution in [2.45, 2.75) is 58.9 Å². The van der Waals surface area contributed by atoms with E-state index in [4.69, 9.17) is 0 Å². The fourth-order valence-electron chi connectivity index (χ4n) is 3.29. The molecule has 1 fully saturated rings. The van der Waals surface area contributed by atoms with Gasteiger partial charge in [-0.25, -0.2) is 0 Å². The van der Waals surface area contributed by atoms with Crippen LogP contribution in [0, 0.1) is 24.2 Å². The minimum atomic E-state index is -0.350. The number of carbonyl (C=O) groups excluding carboxylic acids is 1. The Morgan fingerprint density at radius 2 is 2.12 bits per heavy atom. The van der Waals surface area contributed by atoms with E-state index in [2.05, 4.69) is 24.5 Å². The molecule has 1 aliphatic carbocycles. The van der Waals surface area contributed by atoms with Crippen LogP contribution < -0.4 is 10.6 Å². The van der Waals surface area contributed by atoms with Gasteiger partial charge in [-0.15, -0.1) is 0 Å². The van der Waals surface area contributed by atoms with Crippen LogP contribution in [-0.2, 0) is 11.2 Å². The number of nitriles is 1. The average Bonchev–Trinajstić information content (AvgIpc) is 2.58. The van der Waals surface area contributed by atoms with Crippen LogP contribution in [0.3, 0.4) is 0 Å². The van der Waals surface area contributed by atoms with Crippen LogP contribution in [0.15, 0.2) is 30.0 Å². The summed E-state index contributed by atoms with van der Waals surface area (Å²) in [6, 6.07) is 8.31. The molecule has 2 atom stereocenters. The average molecular weight is 325 g/mol. The lowest BCUT2D eigenvalue weighted by Crippen LogP contribution is -2.34. The third-order valence-electron chi connectivity index (χ3n) is 4.90. The number of anilines is 1. The van der Waals surface area contributed by atoms with Crippen molar-refractivity contribution in [3.8, 4) is 6.07 Å². The second-order valence-corrected chi connectivity index (χ2v) is 6.62. The van der Waals surface area contributed by atoms with E-state index in [9.17, 15) is 10.1 Å². The predicted molar refractivity (Wildman–Crippen MR) is 97.4 cm³/mol. The highest BCUT2D eigenvalue weighted by Gasteiger charge is 2.20. The van der Waals surface area contributed by atoms with Crippen molar-refractivity contribution >= 4 is 11.6 Å². The number of benzene rings is 1. The highest BCUT2D eigenvalue weighted by molar-refractivity contribution is 6.07. The minimum Gasteiger partial charge on any atom is -0.387 e. The zero-order valence-corrected chi connectivity index (χ0v) is 14.9. The Morgan fingerprint density at radius 1 is 1.38 bits per heavy atom. The lowest BCUT2D eigenvalue weighted by molar-refractivity contribution is -0.112. The van der Waals surface area contributed by atoms with Gasteiger partial charge in [0.15, 0.2) is 0 Å². The SMILES string of the molecule is CCc1cccc(C)c1NC(=O)/C(C#N)=C\NC1CCCCC1C. The molecule has 2 unspecified atom stereocenters. The Hall–Kier alpha value is -2.28. The molecule has 4 heteroatoms. The number of hydrogen-bond donors (Lipinski definition) is 2. The summed E-state index contributed by atoms with van der Waals surface area (Å²) < 4.78 is 0. The van der Waals surface area contributed by atoms with Crippen LogP contribution >= 0.6 is 0 Å². The van der Waals surface area contributed by atoms with Gasteiger partial charge in [0.05, 0.1) is 0 Å². The van der Waals surface area contributed by atoms with Crippen LogP contribution in [0.25, 0.3) is 0 Å². The third kappa shape index (κ3) is 4.38. The van der Waals surface area contributed by atoms with Gasteiger partial charge in [-0.2, -0.15) is 5.26 Å². The van der Waals surface area contributed by atoms with Crippen LogP contribution in [0.4, 0.5) is 5.69 Å². The first kappa shape index (κ1) is 18.1. The maximum absolute atomic E-state index is 12.5. The normalized spacial score (nSPS) is 21.0. The Labute approximate surface area is 144 Å². The highest BCUT2D eigenvalue weighted by Crippen LogP contribution is 2.24. The van der Waals surface area contributed by atoms with Gasteiger partial charge >= 0.3 is 0 Å². The van der Waals surface area contributed by atoms with E-state index in [1.165, 1.54) is 19.3 Å². The monoisotopic (exact) mass is 325 g/mol. The fourth-order valence-corrected chi connectivity index (χ4v) is 3.29. The number of nitrogens with one attached hydrogen (secondary N) is 2. The first-order valence-electron chi connectivity index (χ1n) is 8.83. The fraction of sp³-hybridized carbons (Fsp3) is 0.500. The Balaban J connectivity index is 2.09. The van der Waals surface area contributed by atoms with Gasteiger partial charge in [-0.3, -0.25) is 4.79 Å². The lowest BCUT2D eigenvalue weighted by atomic mass is 9.86. The van der Waals surface area contributed by atoms with E-state index in [1.54, 1.807) is 6.20 Å². The van der Waals surface area contributed by atoms with E-state index in [0.29, 0.717) is 12.0 Å². The van der Waals surface area contributed by atoms with Gasteiger partial charge in [0, 0.05) is 17.9 Å². The first-order chi connectivity index (χ1) is 11.6.